The molecule has 1 heterocycles. The topological polar surface area (TPSA) is 76.2 Å². The molecule has 1 aromatic rings. The highest BCUT2D eigenvalue weighted by Crippen LogP contribution is 2.28. The predicted molar refractivity (Wildman–Crippen MR) is 91.6 cm³/mol. The summed E-state index contributed by atoms with van der Waals surface area (Å²) in [6, 6.07) is 5.12. The van der Waals surface area contributed by atoms with Gasteiger partial charge < -0.3 is 14.4 Å². The summed E-state index contributed by atoms with van der Waals surface area (Å²) in [4.78, 5) is 16.5. The van der Waals surface area contributed by atoms with Gasteiger partial charge in [0.2, 0.25) is 0 Å². The van der Waals surface area contributed by atoms with Crippen LogP contribution in [0.25, 0.3) is 0 Å². The fourth-order valence-electron chi connectivity index (χ4n) is 2.62. The first-order chi connectivity index (χ1) is 11.3. The van der Waals surface area contributed by atoms with Crippen molar-refractivity contribution >= 4 is 15.7 Å². The number of hydrogen-bond acceptors (Lipinski definition) is 6. The quantitative estimate of drug-likeness (QED) is 0.739. The minimum absolute atomic E-state index is 0.0567. The number of carbonyl (C=O) groups excluding carboxylic acids is 1. The fraction of sp³-hybridized carbons (Fsp3) is 0.562. The van der Waals surface area contributed by atoms with Crippen molar-refractivity contribution in [2.24, 2.45) is 0 Å². The maximum atomic E-state index is 12.6. The number of benzene rings is 1. The lowest BCUT2D eigenvalue weighted by Crippen LogP contribution is -2.49. The molecular weight excluding hydrogens is 332 g/mol. The van der Waals surface area contributed by atoms with Gasteiger partial charge in [-0.25, -0.2) is 8.42 Å². The van der Waals surface area contributed by atoms with Crippen LogP contribution in [-0.4, -0.2) is 83.1 Å². The fourth-order valence-corrected chi connectivity index (χ4v) is 3.21. The molecule has 0 aliphatic carbocycles. The highest BCUT2D eigenvalue weighted by molar-refractivity contribution is 7.90. The predicted octanol–water partition coefficient (Wildman–Crippen LogP) is 0.506. The second-order valence-electron chi connectivity index (χ2n) is 5.83. The van der Waals surface area contributed by atoms with Crippen molar-refractivity contribution in [3.8, 4) is 11.5 Å². The monoisotopic (exact) mass is 356 g/mol. The molecule has 8 heteroatoms. The summed E-state index contributed by atoms with van der Waals surface area (Å²) in [7, 11) is 0.126. The molecule has 1 amide bonds. The number of hydrogen-bond donors (Lipinski definition) is 0. The Morgan fingerprint density at radius 3 is 2.25 bits per heavy atom. The lowest BCUT2D eigenvalue weighted by Gasteiger charge is -2.34. The van der Waals surface area contributed by atoms with Gasteiger partial charge in [-0.3, -0.25) is 9.69 Å². The molecule has 0 atom stereocenters. The summed E-state index contributed by atoms with van der Waals surface area (Å²) in [5.41, 5.74) is 0.553. The molecule has 0 aromatic heterocycles. The third kappa shape index (κ3) is 4.85. The van der Waals surface area contributed by atoms with Crippen molar-refractivity contribution < 1.29 is 22.7 Å². The third-order valence-corrected chi connectivity index (χ3v) is 4.99. The van der Waals surface area contributed by atoms with Gasteiger partial charge in [-0.2, -0.15) is 0 Å². The number of piperazine rings is 1. The summed E-state index contributed by atoms with van der Waals surface area (Å²) in [5, 5.41) is 0. The zero-order valence-corrected chi connectivity index (χ0v) is 15.1. The molecule has 1 saturated heterocycles. The van der Waals surface area contributed by atoms with Crippen LogP contribution in [0.2, 0.25) is 0 Å². The van der Waals surface area contributed by atoms with Crippen LogP contribution in [-0.2, 0) is 9.84 Å². The number of ether oxygens (including phenoxy) is 2. The smallest absolute Gasteiger partial charge is 0.254 e. The van der Waals surface area contributed by atoms with Crippen LogP contribution in [0.4, 0.5) is 0 Å². The molecule has 0 N–H and O–H groups in total. The van der Waals surface area contributed by atoms with Crippen LogP contribution in [0.1, 0.15) is 10.4 Å². The minimum atomic E-state index is -2.96. The van der Waals surface area contributed by atoms with E-state index in [1.54, 1.807) is 30.2 Å². The van der Waals surface area contributed by atoms with Crippen molar-refractivity contribution in [3.63, 3.8) is 0 Å². The summed E-state index contributed by atoms with van der Waals surface area (Å²) in [6.45, 7) is 3.02. The van der Waals surface area contributed by atoms with E-state index >= 15 is 0 Å². The Labute approximate surface area is 143 Å². The SMILES string of the molecule is COc1ccc(C(=O)N2CCN(CCS(C)(=O)=O)CC2)cc1OC. The number of rotatable bonds is 6. The first-order valence-corrected chi connectivity index (χ1v) is 9.81. The van der Waals surface area contributed by atoms with Crippen molar-refractivity contribution in [3.05, 3.63) is 23.8 Å². The second kappa shape index (κ2) is 7.85. The highest BCUT2D eigenvalue weighted by Gasteiger charge is 2.23. The number of methoxy groups -OCH3 is 2. The lowest BCUT2D eigenvalue weighted by molar-refractivity contribution is 0.0643. The van der Waals surface area contributed by atoms with Crippen LogP contribution in [0, 0.1) is 0 Å². The van der Waals surface area contributed by atoms with Gasteiger partial charge in [0.15, 0.2) is 11.5 Å². The second-order valence-corrected chi connectivity index (χ2v) is 8.09. The van der Waals surface area contributed by atoms with E-state index < -0.39 is 9.84 Å². The molecule has 134 valence electrons. The maximum Gasteiger partial charge on any atom is 0.254 e. The van der Waals surface area contributed by atoms with Gasteiger partial charge in [-0.15, -0.1) is 0 Å². The van der Waals surface area contributed by atoms with Crippen molar-refractivity contribution in [1.82, 2.24) is 9.80 Å². The molecule has 0 radical (unpaired) electrons. The third-order valence-electron chi connectivity index (χ3n) is 4.07. The Morgan fingerprint density at radius 1 is 1.08 bits per heavy atom. The van der Waals surface area contributed by atoms with Gasteiger partial charge >= 0.3 is 0 Å². The average Bonchev–Trinajstić information content (AvgIpc) is 2.58. The minimum Gasteiger partial charge on any atom is -0.493 e. The van der Waals surface area contributed by atoms with E-state index in [9.17, 15) is 13.2 Å². The summed E-state index contributed by atoms with van der Waals surface area (Å²) in [6.07, 6.45) is 1.24. The molecule has 1 fully saturated rings. The van der Waals surface area contributed by atoms with Crippen LogP contribution >= 0.6 is 0 Å². The molecular formula is C16H24N2O5S. The van der Waals surface area contributed by atoms with Gasteiger partial charge in [0, 0.05) is 44.5 Å². The van der Waals surface area contributed by atoms with Crippen molar-refractivity contribution in [1.29, 1.82) is 0 Å². The first-order valence-electron chi connectivity index (χ1n) is 7.75. The Hall–Kier alpha value is -1.80. The van der Waals surface area contributed by atoms with Crippen LogP contribution in [0.15, 0.2) is 18.2 Å². The first kappa shape index (κ1) is 18.5. The maximum absolute atomic E-state index is 12.6. The Balaban J connectivity index is 1.95. The van der Waals surface area contributed by atoms with Gasteiger partial charge in [-0.05, 0) is 18.2 Å². The molecule has 2 rings (SSSR count). The van der Waals surface area contributed by atoms with Crippen LogP contribution < -0.4 is 9.47 Å². The normalized spacial score (nSPS) is 16.0. The van der Waals surface area contributed by atoms with Crippen molar-refractivity contribution in [2.75, 3.05) is 59.0 Å². The summed E-state index contributed by atoms with van der Waals surface area (Å²) in [5.74, 6) is 1.20. The van der Waals surface area contributed by atoms with Gasteiger partial charge in [0.25, 0.3) is 5.91 Å². The van der Waals surface area contributed by atoms with E-state index in [-0.39, 0.29) is 11.7 Å². The zero-order valence-electron chi connectivity index (χ0n) is 14.3. The molecule has 24 heavy (non-hydrogen) atoms. The van der Waals surface area contributed by atoms with Crippen LogP contribution in [0.3, 0.4) is 0 Å². The van der Waals surface area contributed by atoms with Gasteiger partial charge in [0.05, 0.1) is 20.0 Å². The molecule has 0 spiro atoms. The Morgan fingerprint density at radius 2 is 1.71 bits per heavy atom. The summed E-state index contributed by atoms with van der Waals surface area (Å²) >= 11 is 0. The number of sulfone groups is 1. The molecule has 0 bridgehead atoms. The molecule has 7 nitrogen and oxygen atoms in total. The van der Waals surface area contributed by atoms with E-state index in [4.69, 9.17) is 9.47 Å². The molecule has 1 aliphatic heterocycles. The van der Waals surface area contributed by atoms with Gasteiger partial charge in [-0.1, -0.05) is 0 Å². The number of carbonyl (C=O) groups is 1. The molecule has 1 aromatic carbocycles. The van der Waals surface area contributed by atoms with E-state index in [2.05, 4.69) is 4.90 Å². The Bertz CT molecular complexity index is 682. The number of nitrogens with zero attached hydrogens (tertiary/aromatic N) is 2. The number of amides is 1. The van der Waals surface area contributed by atoms with E-state index in [0.29, 0.717) is 49.8 Å². The standard InChI is InChI=1S/C16H24N2O5S/c1-22-14-5-4-13(12-15(14)23-2)16(19)18-8-6-17(7-9-18)10-11-24(3,20)21/h4-5,12H,6-11H2,1-3H3. The molecule has 0 saturated carbocycles. The van der Waals surface area contributed by atoms with Gasteiger partial charge in [0.1, 0.15) is 9.84 Å². The lowest BCUT2D eigenvalue weighted by atomic mass is 10.1. The summed E-state index contributed by atoms with van der Waals surface area (Å²) < 4.78 is 32.9. The van der Waals surface area contributed by atoms with E-state index in [1.807, 2.05) is 0 Å². The van der Waals surface area contributed by atoms with Crippen molar-refractivity contribution in [2.45, 2.75) is 0 Å². The zero-order chi connectivity index (χ0) is 17.7. The average molecular weight is 356 g/mol. The Kier molecular flexibility index (Phi) is 6.06. The van der Waals surface area contributed by atoms with E-state index in [1.165, 1.54) is 13.4 Å². The molecule has 1 aliphatic rings. The largest absolute Gasteiger partial charge is 0.493 e. The van der Waals surface area contributed by atoms with E-state index in [0.717, 1.165) is 0 Å². The molecule has 0 unspecified atom stereocenters. The highest BCUT2D eigenvalue weighted by atomic mass is 32.2. The van der Waals surface area contributed by atoms with Crippen LogP contribution in [0.5, 0.6) is 11.5 Å².